The summed E-state index contributed by atoms with van der Waals surface area (Å²) in [5, 5.41) is 6.25. The molecule has 4 nitrogen and oxygen atoms in total. The second-order valence-electron chi connectivity index (χ2n) is 5.29. The van der Waals surface area contributed by atoms with E-state index in [1.165, 1.54) is 0 Å². The van der Waals surface area contributed by atoms with Crippen molar-refractivity contribution < 1.29 is 4.79 Å². The number of nitrogens with one attached hydrogen (secondary N) is 2. The lowest BCUT2D eigenvalue weighted by atomic mass is 9.95. The molecular weight excluding hydrogens is 226 g/mol. The molecular formula is C14H21N3O. The number of pyridine rings is 1. The van der Waals surface area contributed by atoms with Gasteiger partial charge in [-0.05, 0) is 24.5 Å². The summed E-state index contributed by atoms with van der Waals surface area (Å²) >= 11 is 0. The topological polar surface area (TPSA) is 54.0 Å². The highest BCUT2D eigenvalue weighted by Crippen LogP contribution is 2.23. The molecule has 1 aromatic heterocycles. The second kappa shape index (κ2) is 5.48. The van der Waals surface area contributed by atoms with Crippen LogP contribution in [0.15, 0.2) is 18.3 Å². The number of aryl methyl sites for hydroxylation is 1. The van der Waals surface area contributed by atoms with Crippen LogP contribution in [0.25, 0.3) is 0 Å². The maximum absolute atomic E-state index is 12.0. The Morgan fingerprint density at radius 1 is 1.50 bits per heavy atom. The van der Waals surface area contributed by atoms with Crippen molar-refractivity contribution in [1.29, 1.82) is 0 Å². The first-order valence-electron chi connectivity index (χ1n) is 6.52. The van der Waals surface area contributed by atoms with Crippen LogP contribution in [0.2, 0.25) is 0 Å². The first kappa shape index (κ1) is 13.0. The minimum atomic E-state index is -0.000648. The van der Waals surface area contributed by atoms with E-state index in [2.05, 4.69) is 29.5 Å². The number of rotatable bonds is 4. The molecule has 0 aliphatic carbocycles. The zero-order valence-electron chi connectivity index (χ0n) is 11.2. The van der Waals surface area contributed by atoms with Gasteiger partial charge in [0.2, 0.25) is 5.91 Å². The fraction of sp³-hybridized carbons (Fsp3) is 0.571. The first-order chi connectivity index (χ1) is 8.59. The molecule has 0 bridgehead atoms. The summed E-state index contributed by atoms with van der Waals surface area (Å²) in [6.07, 6.45) is 1.79. The smallest absolute Gasteiger partial charge is 0.226 e. The van der Waals surface area contributed by atoms with Gasteiger partial charge in [0.05, 0.1) is 17.7 Å². The summed E-state index contributed by atoms with van der Waals surface area (Å²) in [6.45, 7) is 7.83. The summed E-state index contributed by atoms with van der Waals surface area (Å²) in [6, 6.07) is 3.96. The summed E-state index contributed by atoms with van der Waals surface area (Å²) in [4.78, 5) is 16.5. The van der Waals surface area contributed by atoms with Crippen molar-refractivity contribution in [2.24, 2.45) is 11.8 Å². The number of carbonyl (C=O) groups excluding carboxylic acids is 1. The van der Waals surface area contributed by atoms with Crippen molar-refractivity contribution in [3.05, 3.63) is 29.6 Å². The molecule has 4 heteroatoms. The van der Waals surface area contributed by atoms with Crippen molar-refractivity contribution in [3.63, 3.8) is 0 Å². The van der Waals surface area contributed by atoms with Gasteiger partial charge in [0, 0.05) is 19.3 Å². The first-order valence-corrected chi connectivity index (χ1v) is 6.52. The van der Waals surface area contributed by atoms with Crippen LogP contribution in [-0.4, -0.2) is 24.0 Å². The van der Waals surface area contributed by atoms with Crippen LogP contribution in [-0.2, 0) is 4.79 Å². The van der Waals surface area contributed by atoms with Gasteiger partial charge < -0.3 is 10.6 Å². The number of hydrogen-bond acceptors (Lipinski definition) is 3. The molecule has 1 aliphatic rings. The standard InChI is InChI=1S/C14H21N3O/c1-9(2)12(13-10(3)5-4-6-16-13)17-14(18)11-7-15-8-11/h4-6,9,11-12,15H,7-8H2,1-3H3,(H,17,18). The third-order valence-corrected chi connectivity index (χ3v) is 3.46. The predicted octanol–water partition coefficient (Wildman–Crippen LogP) is 1.42. The van der Waals surface area contributed by atoms with E-state index < -0.39 is 0 Å². The van der Waals surface area contributed by atoms with E-state index in [-0.39, 0.29) is 17.9 Å². The molecule has 1 unspecified atom stereocenters. The Kier molecular flexibility index (Phi) is 3.97. The number of carbonyl (C=O) groups is 1. The van der Waals surface area contributed by atoms with E-state index in [0.717, 1.165) is 24.3 Å². The molecule has 0 aromatic carbocycles. The third kappa shape index (κ3) is 2.70. The Morgan fingerprint density at radius 2 is 2.22 bits per heavy atom. The lowest BCUT2D eigenvalue weighted by Gasteiger charge is -2.30. The Balaban J connectivity index is 2.13. The molecule has 1 aromatic rings. The Labute approximate surface area is 108 Å². The molecule has 1 atom stereocenters. The lowest BCUT2D eigenvalue weighted by Crippen LogP contribution is -2.51. The fourth-order valence-electron chi connectivity index (χ4n) is 2.12. The molecule has 1 saturated heterocycles. The van der Waals surface area contributed by atoms with Crippen LogP contribution in [0.1, 0.15) is 31.1 Å². The highest BCUT2D eigenvalue weighted by Gasteiger charge is 2.29. The van der Waals surface area contributed by atoms with Gasteiger partial charge in [-0.1, -0.05) is 19.9 Å². The van der Waals surface area contributed by atoms with Gasteiger partial charge in [0.25, 0.3) is 0 Å². The predicted molar refractivity (Wildman–Crippen MR) is 71.1 cm³/mol. The Bertz CT molecular complexity index is 427. The summed E-state index contributed by atoms with van der Waals surface area (Å²) in [7, 11) is 0. The van der Waals surface area contributed by atoms with Gasteiger partial charge >= 0.3 is 0 Å². The summed E-state index contributed by atoms with van der Waals surface area (Å²) in [5.41, 5.74) is 2.11. The van der Waals surface area contributed by atoms with Crippen molar-refractivity contribution in [3.8, 4) is 0 Å². The third-order valence-electron chi connectivity index (χ3n) is 3.46. The zero-order valence-corrected chi connectivity index (χ0v) is 11.2. The molecule has 98 valence electrons. The monoisotopic (exact) mass is 247 g/mol. The van der Waals surface area contributed by atoms with E-state index >= 15 is 0 Å². The zero-order chi connectivity index (χ0) is 13.1. The van der Waals surface area contributed by atoms with Crippen LogP contribution >= 0.6 is 0 Å². The van der Waals surface area contributed by atoms with Crippen molar-refractivity contribution in [2.45, 2.75) is 26.8 Å². The molecule has 0 spiro atoms. The van der Waals surface area contributed by atoms with E-state index in [9.17, 15) is 4.79 Å². The number of hydrogen-bond donors (Lipinski definition) is 2. The van der Waals surface area contributed by atoms with E-state index in [0.29, 0.717) is 5.92 Å². The van der Waals surface area contributed by atoms with Crippen LogP contribution in [0.4, 0.5) is 0 Å². The summed E-state index contributed by atoms with van der Waals surface area (Å²) < 4.78 is 0. The van der Waals surface area contributed by atoms with Crippen molar-refractivity contribution in [2.75, 3.05) is 13.1 Å². The highest BCUT2D eigenvalue weighted by molar-refractivity contribution is 5.80. The van der Waals surface area contributed by atoms with E-state index in [4.69, 9.17) is 0 Å². The maximum atomic E-state index is 12.0. The minimum absolute atomic E-state index is 0.000648. The quantitative estimate of drug-likeness (QED) is 0.846. The largest absolute Gasteiger partial charge is 0.347 e. The van der Waals surface area contributed by atoms with Gasteiger partial charge in [-0.25, -0.2) is 0 Å². The molecule has 2 N–H and O–H groups in total. The van der Waals surface area contributed by atoms with Crippen LogP contribution in [0.3, 0.4) is 0 Å². The van der Waals surface area contributed by atoms with Gasteiger partial charge in [0.15, 0.2) is 0 Å². The second-order valence-corrected chi connectivity index (χ2v) is 5.29. The average Bonchev–Trinajstić information content (AvgIpc) is 2.24. The van der Waals surface area contributed by atoms with Crippen molar-refractivity contribution in [1.82, 2.24) is 15.6 Å². The van der Waals surface area contributed by atoms with Gasteiger partial charge in [0.1, 0.15) is 0 Å². The number of amides is 1. The minimum Gasteiger partial charge on any atom is -0.347 e. The fourth-order valence-corrected chi connectivity index (χ4v) is 2.12. The van der Waals surface area contributed by atoms with Crippen molar-refractivity contribution >= 4 is 5.91 Å². The number of nitrogens with zero attached hydrogens (tertiary/aromatic N) is 1. The van der Waals surface area contributed by atoms with E-state index in [1.54, 1.807) is 6.20 Å². The lowest BCUT2D eigenvalue weighted by molar-refractivity contribution is -0.127. The van der Waals surface area contributed by atoms with Crippen LogP contribution in [0.5, 0.6) is 0 Å². The Morgan fingerprint density at radius 3 is 2.72 bits per heavy atom. The average molecular weight is 247 g/mol. The van der Waals surface area contributed by atoms with Crippen LogP contribution < -0.4 is 10.6 Å². The van der Waals surface area contributed by atoms with Gasteiger partial charge in [-0.3, -0.25) is 9.78 Å². The van der Waals surface area contributed by atoms with Gasteiger partial charge in [-0.15, -0.1) is 0 Å². The molecule has 0 radical (unpaired) electrons. The molecule has 2 rings (SSSR count). The molecule has 18 heavy (non-hydrogen) atoms. The Hall–Kier alpha value is -1.42. The highest BCUT2D eigenvalue weighted by atomic mass is 16.2. The molecule has 1 amide bonds. The molecule has 0 saturated carbocycles. The van der Waals surface area contributed by atoms with Crippen LogP contribution in [0, 0.1) is 18.8 Å². The molecule has 1 aliphatic heterocycles. The SMILES string of the molecule is Cc1cccnc1C(NC(=O)C1CNC1)C(C)C. The maximum Gasteiger partial charge on any atom is 0.226 e. The summed E-state index contributed by atoms with van der Waals surface area (Å²) in [5.74, 6) is 0.586. The molecule has 1 fully saturated rings. The number of aromatic nitrogens is 1. The van der Waals surface area contributed by atoms with Gasteiger partial charge in [-0.2, -0.15) is 0 Å². The molecule has 2 heterocycles. The normalized spacial score (nSPS) is 17.3. The van der Waals surface area contributed by atoms with E-state index in [1.807, 2.05) is 19.1 Å².